The van der Waals surface area contributed by atoms with E-state index in [1.54, 1.807) is 0 Å². The highest BCUT2D eigenvalue weighted by atomic mass is 79.9. The van der Waals surface area contributed by atoms with Crippen molar-refractivity contribution in [1.29, 1.82) is 0 Å². The Morgan fingerprint density at radius 2 is 0.345 bits per heavy atom. The van der Waals surface area contributed by atoms with Gasteiger partial charge in [0.15, 0.2) is 0 Å². The molecule has 0 atom stereocenters. The molecule has 0 aliphatic heterocycles. The van der Waals surface area contributed by atoms with E-state index in [1.807, 2.05) is 0 Å². The van der Waals surface area contributed by atoms with Crippen LogP contribution in [0.1, 0.15) is 0 Å². The first-order chi connectivity index (χ1) is 10.8. The fraction of sp³-hybridized carbons (Fsp3) is 1.00. The maximum atomic E-state index is 12.8. The van der Waals surface area contributed by atoms with Gasteiger partial charge in [0.1, 0.15) is 0 Å². The van der Waals surface area contributed by atoms with Gasteiger partial charge in [-0.15, -0.1) is 34.0 Å². The van der Waals surface area contributed by atoms with Gasteiger partial charge in [0.05, 0.1) is 0 Å². The highest BCUT2D eigenvalue weighted by molar-refractivity contribution is 8.93. The van der Waals surface area contributed by atoms with Crippen molar-refractivity contribution in [3.8, 4) is 0 Å². The quantitative estimate of drug-likeness (QED) is 0.327. The molecule has 0 amide bonds. The molecule has 0 aromatic heterocycles. The van der Waals surface area contributed by atoms with Gasteiger partial charge in [-0.25, -0.2) is 0 Å². The first kappa shape index (κ1) is 36.1. The summed E-state index contributed by atoms with van der Waals surface area (Å²) in [6.07, 6.45) is -15.6. The summed E-state index contributed by atoms with van der Waals surface area (Å²) in [4.78, 5) is 0. The zero-order valence-corrected chi connectivity index (χ0v) is 15.5. The van der Waals surface area contributed by atoms with E-state index in [1.165, 1.54) is 0 Å². The molecule has 1 nitrogen and oxygen atoms in total. The van der Waals surface area contributed by atoms with Crippen LogP contribution in [0.15, 0.2) is 0 Å². The van der Waals surface area contributed by atoms with Gasteiger partial charge < -0.3 is 5.48 Å². The molecule has 0 heterocycles. The summed E-state index contributed by atoms with van der Waals surface area (Å²) in [5.74, 6) is -51.0. The summed E-state index contributed by atoms with van der Waals surface area (Å²) in [7, 11) is 0. The van der Waals surface area contributed by atoms with Crippen LogP contribution in [0, 0.1) is 0 Å². The minimum Gasteiger partial charge on any atom is -0.412 e. The average Bonchev–Trinajstić information content (AvgIpc) is 2.34. The van der Waals surface area contributed by atoms with E-state index in [0.717, 1.165) is 0 Å². The average molecular weight is 618 g/mol. The minimum atomic E-state index is -8.72. The molecule has 182 valence electrons. The van der Waals surface area contributed by atoms with Crippen molar-refractivity contribution >= 4 is 34.0 Å². The second kappa shape index (κ2) is 8.65. The molecule has 0 aliphatic rings. The van der Waals surface area contributed by atoms with Crippen molar-refractivity contribution in [1.82, 2.24) is 0 Å². The van der Waals surface area contributed by atoms with Gasteiger partial charge in [-0.3, -0.25) is 0 Å². The van der Waals surface area contributed by atoms with Crippen LogP contribution in [0.2, 0.25) is 0 Å². The van der Waals surface area contributed by atoms with Crippen molar-refractivity contribution in [3.05, 3.63) is 0 Å². The second-order valence-corrected chi connectivity index (χ2v) is 4.44. The van der Waals surface area contributed by atoms with Gasteiger partial charge in [-0.05, 0) is 0 Å². The molecule has 0 rings (SSSR count). The minimum absolute atomic E-state index is 0. The van der Waals surface area contributed by atoms with Crippen LogP contribution >= 0.6 is 34.0 Å². The van der Waals surface area contributed by atoms with Crippen LogP contribution in [-0.4, -0.2) is 53.4 Å². The summed E-state index contributed by atoms with van der Waals surface area (Å²) < 4.78 is 221. The van der Waals surface area contributed by atoms with Gasteiger partial charge in [-0.2, -0.15) is 79.0 Å². The number of rotatable bonds is 5. The maximum Gasteiger partial charge on any atom is 0.460 e. The molecule has 0 radical (unpaired) electrons. The van der Waals surface area contributed by atoms with E-state index in [9.17, 15) is 79.0 Å². The normalized spacial score (nSPS) is 15.1. The zero-order chi connectivity index (χ0) is 22.0. The molecule has 0 saturated heterocycles. The van der Waals surface area contributed by atoms with Gasteiger partial charge in [0.2, 0.25) is 0 Å². The molecule has 0 fully saturated rings. The van der Waals surface area contributed by atoms with Crippen LogP contribution < -0.4 is 0 Å². The smallest absolute Gasteiger partial charge is 0.412 e. The van der Waals surface area contributed by atoms with E-state index in [2.05, 4.69) is 0 Å². The van der Waals surface area contributed by atoms with E-state index in [0.29, 0.717) is 0 Å². The number of hydrogen-bond donors (Lipinski definition) is 0. The number of hydrogen-bond acceptors (Lipinski definition) is 0. The Morgan fingerprint density at radius 1 is 0.241 bits per heavy atom. The SMILES string of the molecule is Br.Br.FC(F)(F)C(F)(F)C(F)(F)C(F)(F)C(F)(F)C(F)(F)C(F)(F)C(F)(F)F.O. The molecule has 0 saturated carbocycles. The first-order valence-corrected chi connectivity index (χ1v) is 5.15. The molecule has 0 aromatic rings. The van der Waals surface area contributed by atoms with Gasteiger partial charge >= 0.3 is 47.9 Å². The summed E-state index contributed by atoms with van der Waals surface area (Å²) in [5.41, 5.74) is 0. The summed E-state index contributed by atoms with van der Waals surface area (Å²) in [6.45, 7) is 0. The molecular formula is C8H4Br2F18O. The van der Waals surface area contributed by atoms with Gasteiger partial charge in [0.25, 0.3) is 0 Å². The van der Waals surface area contributed by atoms with E-state index >= 15 is 0 Å². The largest absolute Gasteiger partial charge is 0.460 e. The second-order valence-electron chi connectivity index (χ2n) is 4.44. The maximum absolute atomic E-state index is 12.8. The van der Waals surface area contributed by atoms with Gasteiger partial charge in [0, 0.05) is 0 Å². The lowest BCUT2D eigenvalue weighted by molar-refractivity contribution is -0.468. The molecule has 21 heteroatoms. The number of alkyl halides is 18. The molecule has 0 spiro atoms. The zero-order valence-electron chi connectivity index (χ0n) is 12.1. The summed E-state index contributed by atoms with van der Waals surface area (Å²) in [5, 5.41) is 0. The topological polar surface area (TPSA) is 31.5 Å². The Bertz CT molecular complexity index is 485. The molecular weight excluding hydrogens is 614 g/mol. The predicted molar refractivity (Wildman–Crippen MR) is 66.0 cm³/mol. The van der Waals surface area contributed by atoms with Crippen LogP contribution in [0.5, 0.6) is 0 Å². The lowest BCUT2D eigenvalue weighted by Gasteiger charge is -2.41. The van der Waals surface area contributed by atoms with E-state index in [-0.39, 0.29) is 39.4 Å². The molecule has 0 aliphatic carbocycles. The Kier molecular flexibility index (Phi) is 10.8. The van der Waals surface area contributed by atoms with Crippen LogP contribution in [0.4, 0.5) is 79.0 Å². The lowest BCUT2D eigenvalue weighted by Crippen LogP contribution is -2.74. The Balaban J connectivity index is -0.00000104. The van der Waals surface area contributed by atoms with Crippen LogP contribution in [-0.2, 0) is 0 Å². The fourth-order valence-corrected chi connectivity index (χ4v) is 1.14. The molecule has 0 aromatic carbocycles. The highest BCUT2D eigenvalue weighted by Gasteiger charge is 2.95. The Hall–Kier alpha value is -0.340. The van der Waals surface area contributed by atoms with Crippen molar-refractivity contribution in [2.24, 2.45) is 0 Å². The standard InChI is InChI=1S/C8F18.2BrH.H2O/c9-1(10,3(13,14)5(17,18)7(21,22)23)2(11,12)4(15,16)6(19,20)8(24,25)26;;;/h;2*1H;1H2. The van der Waals surface area contributed by atoms with Crippen molar-refractivity contribution in [3.63, 3.8) is 0 Å². The Labute approximate surface area is 167 Å². The Morgan fingerprint density at radius 3 is 0.448 bits per heavy atom. The van der Waals surface area contributed by atoms with Gasteiger partial charge in [-0.1, -0.05) is 0 Å². The molecule has 29 heavy (non-hydrogen) atoms. The summed E-state index contributed by atoms with van der Waals surface area (Å²) in [6, 6.07) is 0. The van der Waals surface area contributed by atoms with Crippen molar-refractivity contribution in [2.45, 2.75) is 47.9 Å². The van der Waals surface area contributed by atoms with E-state index in [4.69, 9.17) is 0 Å². The third-order valence-corrected chi connectivity index (χ3v) is 2.68. The molecule has 0 bridgehead atoms. The van der Waals surface area contributed by atoms with Crippen molar-refractivity contribution < 1.29 is 84.5 Å². The van der Waals surface area contributed by atoms with Crippen LogP contribution in [0.25, 0.3) is 0 Å². The lowest BCUT2D eigenvalue weighted by atomic mass is 9.91. The third-order valence-electron chi connectivity index (χ3n) is 2.68. The summed E-state index contributed by atoms with van der Waals surface area (Å²) >= 11 is 0. The predicted octanol–water partition coefficient (Wildman–Crippen LogP) is 6.25. The van der Waals surface area contributed by atoms with Crippen LogP contribution in [0.3, 0.4) is 0 Å². The molecule has 0 unspecified atom stereocenters. The first-order valence-electron chi connectivity index (χ1n) is 5.15. The van der Waals surface area contributed by atoms with Crippen molar-refractivity contribution in [2.75, 3.05) is 0 Å². The number of halogens is 20. The fourth-order valence-electron chi connectivity index (χ4n) is 1.14. The van der Waals surface area contributed by atoms with E-state index < -0.39 is 47.9 Å². The third kappa shape index (κ3) is 4.64. The molecule has 2 N–H and O–H groups in total. The highest BCUT2D eigenvalue weighted by Crippen LogP contribution is 2.63. The monoisotopic (exact) mass is 616 g/mol.